The number of hydrogen-bond acceptors (Lipinski definition) is 5. The van der Waals surface area contributed by atoms with E-state index in [2.05, 4.69) is 10.6 Å². The van der Waals surface area contributed by atoms with E-state index < -0.39 is 6.03 Å². The van der Waals surface area contributed by atoms with Crippen molar-refractivity contribution in [2.24, 2.45) is 5.73 Å². The molecule has 1 aliphatic heterocycles. The number of hydrogen-bond donors (Lipinski definition) is 3. The number of rotatable bonds is 5. The molecule has 0 radical (unpaired) electrons. The van der Waals surface area contributed by atoms with Gasteiger partial charge in [-0.25, -0.2) is 4.79 Å². The Morgan fingerprint density at radius 3 is 2.94 bits per heavy atom. The van der Waals surface area contributed by atoms with Gasteiger partial charge in [0.15, 0.2) is 0 Å². The molecule has 7 heteroatoms. The van der Waals surface area contributed by atoms with Gasteiger partial charge < -0.3 is 15.8 Å². The number of methoxy groups -OCH3 is 1. The Bertz CT molecular complexity index is 285. The first-order valence-electron chi connectivity index (χ1n) is 6.16. The van der Waals surface area contributed by atoms with Gasteiger partial charge in [0.25, 0.3) is 0 Å². The molecule has 18 heavy (non-hydrogen) atoms. The van der Waals surface area contributed by atoms with Crippen molar-refractivity contribution in [2.45, 2.75) is 18.9 Å². The normalized spacial score (nSPS) is 20.4. The number of nitrogens with two attached hydrogens (primary N) is 1. The Morgan fingerprint density at radius 1 is 1.50 bits per heavy atom. The summed E-state index contributed by atoms with van der Waals surface area (Å²) in [6.45, 7) is 2.57. The van der Waals surface area contributed by atoms with Crippen LogP contribution in [0.15, 0.2) is 0 Å². The lowest BCUT2D eigenvalue weighted by molar-refractivity contribution is -0.121. The van der Waals surface area contributed by atoms with Crippen LogP contribution in [0, 0.1) is 0 Å². The fourth-order valence-electron chi connectivity index (χ4n) is 1.91. The Balaban J connectivity index is 2.18. The molecular weight excluding hydrogens is 236 g/mol. The summed E-state index contributed by atoms with van der Waals surface area (Å²) in [7, 11) is 1.55. The van der Waals surface area contributed by atoms with E-state index in [1.165, 1.54) is 0 Å². The molecule has 0 aliphatic carbocycles. The van der Waals surface area contributed by atoms with Gasteiger partial charge in [-0.3, -0.25) is 15.0 Å². The Labute approximate surface area is 107 Å². The second kappa shape index (κ2) is 8.02. The zero-order valence-electron chi connectivity index (χ0n) is 10.8. The average Bonchev–Trinajstić information content (AvgIpc) is 2.29. The number of carbonyl (C=O) groups excluding carboxylic acids is 2. The zero-order valence-corrected chi connectivity index (χ0v) is 10.8. The van der Waals surface area contributed by atoms with Gasteiger partial charge in [-0.2, -0.15) is 0 Å². The highest BCUT2D eigenvalue weighted by Crippen LogP contribution is 2.07. The lowest BCUT2D eigenvalue weighted by Crippen LogP contribution is -2.49. The third-order valence-electron chi connectivity index (χ3n) is 2.75. The molecule has 4 N–H and O–H groups in total. The summed E-state index contributed by atoms with van der Waals surface area (Å²) in [6.07, 6.45) is 1.99. The molecule has 0 saturated carbocycles. The van der Waals surface area contributed by atoms with Crippen molar-refractivity contribution in [1.29, 1.82) is 0 Å². The van der Waals surface area contributed by atoms with Crippen LogP contribution in [0.3, 0.4) is 0 Å². The summed E-state index contributed by atoms with van der Waals surface area (Å²) in [5.41, 5.74) is 5.82. The fraction of sp³-hybridized carbons (Fsp3) is 0.818. The molecule has 1 saturated heterocycles. The summed E-state index contributed by atoms with van der Waals surface area (Å²) in [5.74, 6) is -0.306. The first-order valence-corrected chi connectivity index (χ1v) is 6.16. The molecule has 7 nitrogen and oxygen atoms in total. The highest BCUT2D eigenvalue weighted by atomic mass is 16.5. The summed E-state index contributed by atoms with van der Waals surface area (Å²) < 4.78 is 4.78. The first-order chi connectivity index (χ1) is 8.61. The topological polar surface area (TPSA) is 96.7 Å². The largest absolute Gasteiger partial charge is 0.383 e. The lowest BCUT2D eigenvalue weighted by atomic mass is 10.1. The second-order valence-electron chi connectivity index (χ2n) is 4.43. The van der Waals surface area contributed by atoms with Crippen molar-refractivity contribution < 1.29 is 14.3 Å². The van der Waals surface area contributed by atoms with Crippen molar-refractivity contribution in [2.75, 3.05) is 39.9 Å². The molecule has 104 valence electrons. The van der Waals surface area contributed by atoms with Gasteiger partial charge in [-0.15, -0.1) is 0 Å². The number of nitrogens with zero attached hydrogens (tertiary/aromatic N) is 1. The van der Waals surface area contributed by atoms with Crippen LogP contribution < -0.4 is 16.4 Å². The number of imide groups is 1. The van der Waals surface area contributed by atoms with Crippen LogP contribution in [0.5, 0.6) is 0 Å². The van der Waals surface area contributed by atoms with E-state index in [1.807, 2.05) is 4.90 Å². The summed E-state index contributed by atoms with van der Waals surface area (Å²) in [5, 5.41) is 4.80. The van der Waals surface area contributed by atoms with Gasteiger partial charge in [-0.1, -0.05) is 0 Å². The minimum absolute atomic E-state index is 0.127. The number of piperidine rings is 1. The molecule has 0 bridgehead atoms. The van der Waals surface area contributed by atoms with Crippen LogP contribution in [-0.2, 0) is 9.53 Å². The van der Waals surface area contributed by atoms with E-state index >= 15 is 0 Å². The molecule has 1 heterocycles. The molecule has 0 aromatic rings. The molecule has 0 unspecified atom stereocenters. The van der Waals surface area contributed by atoms with Crippen LogP contribution in [0.2, 0.25) is 0 Å². The molecule has 1 atom stereocenters. The maximum Gasteiger partial charge on any atom is 0.321 e. The summed E-state index contributed by atoms with van der Waals surface area (Å²) in [4.78, 5) is 24.8. The predicted molar refractivity (Wildman–Crippen MR) is 67.1 cm³/mol. The van der Waals surface area contributed by atoms with E-state index in [0.717, 1.165) is 19.4 Å². The average molecular weight is 258 g/mol. The highest BCUT2D eigenvalue weighted by molar-refractivity contribution is 5.95. The van der Waals surface area contributed by atoms with Gasteiger partial charge in [0.05, 0.1) is 13.2 Å². The first kappa shape index (κ1) is 14.9. The molecule has 1 rings (SSSR count). The van der Waals surface area contributed by atoms with E-state index in [4.69, 9.17) is 10.5 Å². The monoisotopic (exact) mass is 258 g/mol. The summed E-state index contributed by atoms with van der Waals surface area (Å²) >= 11 is 0. The van der Waals surface area contributed by atoms with Crippen molar-refractivity contribution in [3.63, 3.8) is 0 Å². The van der Waals surface area contributed by atoms with Crippen LogP contribution in [0.4, 0.5) is 4.79 Å². The van der Waals surface area contributed by atoms with Crippen molar-refractivity contribution in [3.05, 3.63) is 0 Å². The van der Waals surface area contributed by atoms with Crippen LogP contribution in [-0.4, -0.2) is 62.8 Å². The van der Waals surface area contributed by atoms with E-state index in [0.29, 0.717) is 19.7 Å². The third kappa shape index (κ3) is 5.95. The highest BCUT2D eigenvalue weighted by Gasteiger charge is 2.19. The number of ether oxygens (including phenoxy) is 1. The van der Waals surface area contributed by atoms with E-state index in [1.54, 1.807) is 7.11 Å². The van der Waals surface area contributed by atoms with Crippen molar-refractivity contribution in [3.8, 4) is 0 Å². The number of nitrogens with one attached hydrogen (secondary N) is 2. The Morgan fingerprint density at radius 2 is 2.28 bits per heavy atom. The SMILES string of the molecule is COCCNC(=O)NC(=O)CN1CCC[C@@H](N)C1. The minimum Gasteiger partial charge on any atom is -0.383 e. The maximum atomic E-state index is 11.6. The molecule has 0 spiro atoms. The van der Waals surface area contributed by atoms with Gasteiger partial charge in [0.1, 0.15) is 0 Å². The van der Waals surface area contributed by atoms with Crippen LogP contribution in [0.25, 0.3) is 0 Å². The number of likely N-dealkylation sites (tertiary alicyclic amines) is 1. The zero-order chi connectivity index (χ0) is 13.4. The van der Waals surface area contributed by atoms with E-state index in [-0.39, 0.29) is 18.5 Å². The van der Waals surface area contributed by atoms with Gasteiger partial charge >= 0.3 is 6.03 Å². The molecule has 0 aromatic carbocycles. The maximum absolute atomic E-state index is 11.6. The van der Waals surface area contributed by atoms with Crippen molar-refractivity contribution >= 4 is 11.9 Å². The Kier molecular flexibility index (Phi) is 6.63. The van der Waals surface area contributed by atoms with Gasteiger partial charge in [0, 0.05) is 26.2 Å². The number of amides is 3. The third-order valence-corrected chi connectivity index (χ3v) is 2.75. The van der Waals surface area contributed by atoms with Gasteiger partial charge in [-0.05, 0) is 19.4 Å². The van der Waals surface area contributed by atoms with Crippen molar-refractivity contribution in [1.82, 2.24) is 15.5 Å². The van der Waals surface area contributed by atoms with Crippen LogP contribution >= 0.6 is 0 Å². The van der Waals surface area contributed by atoms with Crippen LogP contribution in [0.1, 0.15) is 12.8 Å². The van der Waals surface area contributed by atoms with Gasteiger partial charge in [0.2, 0.25) is 5.91 Å². The number of carbonyl (C=O) groups is 2. The lowest BCUT2D eigenvalue weighted by Gasteiger charge is -2.29. The van der Waals surface area contributed by atoms with E-state index in [9.17, 15) is 9.59 Å². The number of urea groups is 1. The molecule has 1 fully saturated rings. The molecule has 3 amide bonds. The second-order valence-corrected chi connectivity index (χ2v) is 4.43. The standard InChI is InChI=1S/C11H22N4O3/c1-18-6-4-13-11(17)14-10(16)8-15-5-2-3-9(12)7-15/h9H,2-8,12H2,1H3,(H2,13,14,16,17)/t9-/m1/s1. The smallest absolute Gasteiger partial charge is 0.321 e. The quantitative estimate of drug-likeness (QED) is 0.543. The predicted octanol–water partition coefficient (Wildman–Crippen LogP) is -1.12. The molecule has 0 aromatic heterocycles. The minimum atomic E-state index is -0.488. The molecular formula is C11H22N4O3. The Hall–Kier alpha value is -1.18. The molecule has 1 aliphatic rings. The summed E-state index contributed by atoms with van der Waals surface area (Å²) in [6, 6.07) is -0.361. The fourth-order valence-corrected chi connectivity index (χ4v) is 1.91.